The second-order valence-electron chi connectivity index (χ2n) is 7.98. The van der Waals surface area contributed by atoms with E-state index in [4.69, 9.17) is 0 Å². The number of benzene rings is 1. The lowest BCUT2D eigenvalue weighted by Crippen LogP contribution is -2.21. The molecule has 1 aliphatic heterocycles. The third-order valence-electron chi connectivity index (χ3n) is 5.56. The molecule has 0 saturated carbocycles. The molecule has 11 heteroatoms. The van der Waals surface area contributed by atoms with Crippen molar-refractivity contribution in [2.45, 2.75) is 42.7 Å². The molecule has 0 unspecified atom stereocenters. The Morgan fingerprint density at radius 1 is 1.16 bits per heavy atom. The summed E-state index contributed by atoms with van der Waals surface area (Å²) in [6, 6.07) is 6.84. The number of hydrogen-bond acceptors (Lipinski definition) is 7. The van der Waals surface area contributed by atoms with Gasteiger partial charge in [0.1, 0.15) is 22.8 Å². The Labute approximate surface area is 181 Å². The number of aromatic amines is 1. The van der Waals surface area contributed by atoms with E-state index in [1.165, 1.54) is 19.4 Å². The Hall–Kier alpha value is -2.50. The smallest absolute Gasteiger partial charge is 0.255 e. The van der Waals surface area contributed by atoms with Crippen molar-refractivity contribution >= 4 is 36.7 Å². The third kappa shape index (κ3) is 4.04. The van der Waals surface area contributed by atoms with E-state index in [1.807, 2.05) is 26.0 Å². The summed E-state index contributed by atoms with van der Waals surface area (Å²) in [5.74, 6) is 0.744. The van der Waals surface area contributed by atoms with Crippen LogP contribution in [0.5, 0.6) is 0 Å². The van der Waals surface area contributed by atoms with Crippen molar-refractivity contribution in [3.8, 4) is 0 Å². The predicted molar refractivity (Wildman–Crippen MR) is 118 cm³/mol. The Kier molecular flexibility index (Phi) is 5.52. The van der Waals surface area contributed by atoms with Gasteiger partial charge in [-0.15, -0.1) is 0 Å². The minimum absolute atomic E-state index is 0.00507. The Morgan fingerprint density at radius 3 is 2.65 bits per heavy atom. The zero-order valence-electron chi connectivity index (χ0n) is 17.5. The fourth-order valence-corrected chi connectivity index (χ4v) is 6.24. The molecular weight excluding hydrogens is 438 g/mol. The first kappa shape index (κ1) is 21.7. The number of anilines is 1. The fraction of sp³-hybridized carbons (Fsp3) is 0.400. The molecule has 2 aromatic heterocycles. The molecule has 166 valence electrons. The van der Waals surface area contributed by atoms with Gasteiger partial charge in [-0.05, 0) is 49.1 Å². The lowest BCUT2D eigenvalue weighted by Gasteiger charge is -2.26. The quantitative estimate of drug-likeness (QED) is 0.511. The number of fused-ring (bicyclic) bond motifs is 2. The van der Waals surface area contributed by atoms with Gasteiger partial charge < -0.3 is 10.3 Å². The average Bonchev–Trinajstić information content (AvgIpc) is 3.17. The maximum absolute atomic E-state index is 12.6. The van der Waals surface area contributed by atoms with Crippen molar-refractivity contribution in [1.82, 2.24) is 19.7 Å². The van der Waals surface area contributed by atoms with E-state index in [9.17, 15) is 16.8 Å². The number of nitrogens with zero attached hydrogens (tertiary/aromatic N) is 2. The maximum Gasteiger partial charge on any atom is 0.255 e. The number of aryl methyl sites for hydroxylation is 1. The van der Waals surface area contributed by atoms with Gasteiger partial charge in [0.2, 0.25) is 0 Å². The molecule has 0 spiro atoms. The third-order valence-corrected chi connectivity index (χ3v) is 8.78. The van der Waals surface area contributed by atoms with Crippen LogP contribution < -0.4 is 10.0 Å². The van der Waals surface area contributed by atoms with E-state index in [1.54, 1.807) is 6.07 Å². The zero-order valence-corrected chi connectivity index (χ0v) is 19.1. The number of H-pyrrole nitrogens is 1. The van der Waals surface area contributed by atoms with Crippen LogP contribution in [0.15, 0.2) is 40.5 Å². The first-order valence-corrected chi connectivity index (χ1v) is 13.2. The molecular formula is C20H25N5O4S2. The second kappa shape index (κ2) is 7.88. The van der Waals surface area contributed by atoms with Gasteiger partial charge >= 0.3 is 0 Å². The fourth-order valence-electron chi connectivity index (χ4n) is 3.89. The van der Waals surface area contributed by atoms with Crippen LogP contribution in [0.25, 0.3) is 11.0 Å². The average molecular weight is 464 g/mol. The van der Waals surface area contributed by atoms with Crippen LogP contribution in [0.3, 0.4) is 0 Å². The second-order valence-corrected chi connectivity index (χ2v) is 11.9. The lowest BCUT2D eigenvalue weighted by molar-refractivity contribution is 0.542. The van der Waals surface area contributed by atoms with E-state index >= 15 is 0 Å². The monoisotopic (exact) mass is 463 g/mol. The number of aromatic nitrogens is 3. The number of nitrogens with one attached hydrogen (secondary N) is 3. The van der Waals surface area contributed by atoms with Gasteiger partial charge in [-0.2, -0.15) is 0 Å². The summed E-state index contributed by atoms with van der Waals surface area (Å²) in [5.41, 5.74) is 2.08. The van der Waals surface area contributed by atoms with Crippen LogP contribution in [0, 0.1) is 5.92 Å². The molecule has 0 radical (unpaired) electrons. The van der Waals surface area contributed by atoms with E-state index in [-0.39, 0.29) is 22.7 Å². The zero-order chi connectivity index (χ0) is 22.4. The molecule has 3 heterocycles. The number of sulfonamides is 1. The van der Waals surface area contributed by atoms with E-state index < -0.39 is 19.9 Å². The molecule has 1 aliphatic rings. The van der Waals surface area contributed by atoms with Crippen molar-refractivity contribution in [3.05, 3.63) is 41.7 Å². The summed E-state index contributed by atoms with van der Waals surface area (Å²) in [5, 5.41) is 3.90. The maximum atomic E-state index is 12.6. The van der Waals surface area contributed by atoms with Crippen molar-refractivity contribution < 1.29 is 16.8 Å². The van der Waals surface area contributed by atoms with Gasteiger partial charge in [-0.3, -0.25) is 0 Å². The highest BCUT2D eigenvalue weighted by Crippen LogP contribution is 2.33. The molecule has 3 aromatic rings. The van der Waals surface area contributed by atoms with Crippen molar-refractivity contribution in [2.24, 2.45) is 5.92 Å². The van der Waals surface area contributed by atoms with Crippen LogP contribution in [0.1, 0.15) is 37.4 Å². The highest BCUT2D eigenvalue weighted by atomic mass is 32.2. The van der Waals surface area contributed by atoms with Gasteiger partial charge in [0, 0.05) is 0 Å². The van der Waals surface area contributed by atoms with Crippen LogP contribution in [0.4, 0.5) is 5.82 Å². The molecule has 3 N–H and O–H groups in total. The molecule has 0 bridgehead atoms. The van der Waals surface area contributed by atoms with E-state index in [0.29, 0.717) is 28.2 Å². The molecule has 1 aromatic carbocycles. The Balaban J connectivity index is 1.76. The van der Waals surface area contributed by atoms with E-state index in [2.05, 4.69) is 25.0 Å². The van der Waals surface area contributed by atoms with Crippen molar-refractivity contribution in [2.75, 3.05) is 18.1 Å². The summed E-state index contributed by atoms with van der Waals surface area (Å²) in [6.07, 6.45) is 2.75. The lowest BCUT2D eigenvalue weighted by atomic mass is 9.94. The normalized spacial score (nSPS) is 16.9. The van der Waals surface area contributed by atoms with Gasteiger partial charge in [-0.1, -0.05) is 26.0 Å². The van der Waals surface area contributed by atoms with Gasteiger partial charge in [0.15, 0.2) is 9.84 Å². The van der Waals surface area contributed by atoms with Crippen molar-refractivity contribution in [3.63, 3.8) is 0 Å². The highest BCUT2D eigenvalue weighted by molar-refractivity contribution is 7.91. The molecule has 0 amide bonds. The first-order valence-electron chi connectivity index (χ1n) is 10.0. The minimum atomic E-state index is -3.66. The van der Waals surface area contributed by atoms with Crippen LogP contribution in [-0.2, 0) is 26.3 Å². The van der Waals surface area contributed by atoms with Crippen LogP contribution in [-0.4, -0.2) is 44.6 Å². The first-order chi connectivity index (χ1) is 14.6. The van der Waals surface area contributed by atoms with Gasteiger partial charge in [0.05, 0.1) is 22.1 Å². The molecule has 0 fully saturated rings. The summed E-state index contributed by atoms with van der Waals surface area (Å²) in [7, 11) is -5.61. The topological polar surface area (TPSA) is 134 Å². The Morgan fingerprint density at radius 2 is 1.94 bits per heavy atom. The summed E-state index contributed by atoms with van der Waals surface area (Å²) >= 11 is 0. The number of rotatable bonds is 6. The summed E-state index contributed by atoms with van der Waals surface area (Å²) in [6.45, 7) is 4.05. The SMILES string of the molecule is CNS(=O)(=O)c1cc2c(N[C@H](c3ccc4c(c3)S(=O)(=O)CCC4)C(C)C)ncnc2[nH]1. The number of hydrogen-bond donors (Lipinski definition) is 3. The molecule has 9 nitrogen and oxygen atoms in total. The van der Waals surface area contributed by atoms with Crippen molar-refractivity contribution in [1.29, 1.82) is 0 Å². The van der Waals surface area contributed by atoms with E-state index in [0.717, 1.165) is 17.5 Å². The molecule has 4 rings (SSSR count). The largest absolute Gasteiger partial charge is 0.362 e. The van der Waals surface area contributed by atoms with Crippen LogP contribution >= 0.6 is 0 Å². The van der Waals surface area contributed by atoms with Gasteiger partial charge in [-0.25, -0.2) is 31.5 Å². The molecule has 0 saturated heterocycles. The molecule has 31 heavy (non-hydrogen) atoms. The molecule has 0 aliphatic carbocycles. The number of sulfone groups is 1. The van der Waals surface area contributed by atoms with Gasteiger partial charge in [0.25, 0.3) is 10.0 Å². The van der Waals surface area contributed by atoms with Crippen LogP contribution in [0.2, 0.25) is 0 Å². The summed E-state index contributed by atoms with van der Waals surface area (Å²) < 4.78 is 51.7. The minimum Gasteiger partial charge on any atom is -0.362 e. The highest BCUT2D eigenvalue weighted by Gasteiger charge is 2.27. The standard InChI is InChI=1S/C20H25N5O4S2/c1-12(2)18(14-7-6-13-5-4-8-30(26,27)16(13)9-14)25-20-15-10-17(31(28,29)21-3)24-19(15)22-11-23-20/h6-7,9-12,18,21H,4-5,8H2,1-3H3,(H2,22,23,24,25)/t18-/m0/s1. The Bertz CT molecular complexity index is 1350. The predicted octanol–water partition coefficient (Wildman–Crippen LogP) is 2.40. The molecule has 1 atom stereocenters. The summed E-state index contributed by atoms with van der Waals surface area (Å²) in [4.78, 5) is 11.7.